The molecule has 0 fully saturated rings. The lowest BCUT2D eigenvalue weighted by Gasteiger charge is -2.13. The average Bonchev–Trinajstić information content (AvgIpc) is 2.93. The van der Waals surface area contributed by atoms with Crippen LogP contribution in [0.3, 0.4) is 0 Å². The minimum Gasteiger partial charge on any atom is -0.360 e. The van der Waals surface area contributed by atoms with Gasteiger partial charge in [0, 0.05) is 11.8 Å². The first kappa shape index (κ1) is 16.1. The molecule has 0 aliphatic carbocycles. The molecule has 22 heavy (non-hydrogen) atoms. The molecular formula is C16H17N3O2S. The van der Waals surface area contributed by atoms with Crippen LogP contribution in [0.25, 0.3) is 0 Å². The minimum atomic E-state index is -0.178. The Kier molecular flexibility index (Phi) is 5.61. The predicted molar refractivity (Wildman–Crippen MR) is 86.4 cm³/mol. The second-order valence-corrected chi connectivity index (χ2v) is 6.02. The first-order chi connectivity index (χ1) is 10.6. The summed E-state index contributed by atoms with van der Waals surface area (Å²) < 4.78 is 4.93. The second kappa shape index (κ2) is 7.66. The van der Waals surface area contributed by atoms with Crippen molar-refractivity contribution in [1.29, 1.82) is 5.26 Å². The summed E-state index contributed by atoms with van der Waals surface area (Å²) >= 11 is 1.55. The summed E-state index contributed by atoms with van der Waals surface area (Å²) in [5.74, 6) is 1.69. The number of nitriles is 1. The third-order valence-corrected chi connectivity index (χ3v) is 4.50. The first-order valence-corrected chi connectivity index (χ1v) is 8.02. The van der Waals surface area contributed by atoms with E-state index in [-0.39, 0.29) is 11.2 Å². The largest absolute Gasteiger partial charge is 0.360 e. The van der Waals surface area contributed by atoms with Crippen LogP contribution in [0.15, 0.2) is 34.9 Å². The Bertz CT molecular complexity index is 691. The maximum absolute atomic E-state index is 12.2. The molecule has 0 saturated carbocycles. The minimum absolute atomic E-state index is 0.0859. The smallest absolute Gasteiger partial charge is 0.238 e. The molecule has 1 N–H and O–H groups in total. The van der Waals surface area contributed by atoms with Crippen molar-refractivity contribution in [2.24, 2.45) is 0 Å². The number of thioether (sulfide) groups is 1. The van der Waals surface area contributed by atoms with Gasteiger partial charge in [-0.2, -0.15) is 5.26 Å². The molecule has 0 aliphatic heterocycles. The Balaban J connectivity index is 1.93. The average molecular weight is 315 g/mol. The van der Waals surface area contributed by atoms with Gasteiger partial charge in [0.2, 0.25) is 5.91 Å². The highest BCUT2D eigenvalue weighted by Gasteiger charge is 2.18. The van der Waals surface area contributed by atoms with E-state index in [0.29, 0.717) is 29.3 Å². The Morgan fingerprint density at radius 2 is 2.32 bits per heavy atom. The number of carbonyl (C=O) groups is 1. The molecule has 0 aliphatic rings. The summed E-state index contributed by atoms with van der Waals surface area (Å²) in [7, 11) is 0. The lowest BCUT2D eigenvalue weighted by Crippen LogP contribution is -2.24. The summed E-state index contributed by atoms with van der Waals surface area (Å²) in [6, 6.07) is 11.2. The zero-order valence-corrected chi connectivity index (χ0v) is 13.3. The fourth-order valence-electron chi connectivity index (χ4n) is 1.94. The Morgan fingerprint density at radius 1 is 1.50 bits per heavy atom. The molecule has 1 heterocycles. The fraction of sp³-hybridized carbons (Fsp3) is 0.312. The number of carbonyl (C=O) groups excluding carboxylic acids is 1. The molecule has 0 radical (unpaired) electrons. The van der Waals surface area contributed by atoms with Crippen LogP contribution in [0.1, 0.15) is 30.2 Å². The van der Waals surface area contributed by atoms with Gasteiger partial charge < -0.3 is 9.84 Å². The predicted octanol–water partition coefficient (Wildman–Crippen LogP) is 3.51. The summed E-state index contributed by atoms with van der Waals surface area (Å²) in [5, 5.41) is 15.2. The van der Waals surface area contributed by atoms with Gasteiger partial charge in [0.15, 0.2) is 5.82 Å². The number of benzene rings is 1. The van der Waals surface area contributed by atoms with Gasteiger partial charge in [0.1, 0.15) is 5.76 Å². The maximum atomic E-state index is 12.2. The summed E-state index contributed by atoms with van der Waals surface area (Å²) in [4.78, 5) is 12.2. The number of hydrogen-bond acceptors (Lipinski definition) is 5. The number of hydrogen-bond donors (Lipinski definition) is 1. The van der Waals surface area contributed by atoms with Gasteiger partial charge in [0.25, 0.3) is 0 Å². The Labute approximate surface area is 133 Å². The molecule has 1 aromatic heterocycles. The molecule has 6 heteroatoms. The SMILES string of the molecule is CCC(SCc1cccc(C#N)c1)C(=O)Nc1cc(C)on1. The van der Waals surface area contributed by atoms with Crippen LogP contribution in [-0.2, 0) is 10.5 Å². The van der Waals surface area contributed by atoms with Gasteiger partial charge in [-0.05, 0) is 31.0 Å². The third-order valence-electron chi connectivity index (χ3n) is 3.05. The monoisotopic (exact) mass is 315 g/mol. The van der Waals surface area contributed by atoms with Crippen molar-refractivity contribution in [3.63, 3.8) is 0 Å². The quantitative estimate of drug-likeness (QED) is 0.882. The maximum Gasteiger partial charge on any atom is 0.238 e. The van der Waals surface area contributed by atoms with E-state index in [0.717, 1.165) is 5.56 Å². The van der Waals surface area contributed by atoms with Crippen molar-refractivity contribution in [3.8, 4) is 6.07 Å². The Hall–Kier alpha value is -2.26. The van der Waals surface area contributed by atoms with Crippen molar-refractivity contribution in [1.82, 2.24) is 5.16 Å². The van der Waals surface area contributed by atoms with E-state index in [4.69, 9.17) is 9.78 Å². The van der Waals surface area contributed by atoms with Crippen LogP contribution >= 0.6 is 11.8 Å². The molecular weight excluding hydrogens is 298 g/mol. The second-order valence-electron chi connectivity index (χ2n) is 4.83. The van der Waals surface area contributed by atoms with Gasteiger partial charge in [-0.15, -0.1) is 11.8 Å². The van der Waals surface area contributed by atoms with Crippen LogP contribution in [0, 0.1) is 18.3 Å². The van der Waals surface area contributed by atoms with Crippen LogP contribution in [0.2, 0.25) is 0 Å². The van der Waals surface area contributed by atoms with Crippen LogP contribution in [0.4, 0.5) is 5.82 Å². The number of rotatable bonds is 6. The summed E-state index contributed by atoms with van der Waals surface area (Å²) in [6.45, 7) is 3.74. The van der Waals surface area contributed by atoms with E-state index in [1.165, 1.54) is 0 Å². The molecule has 2 rings (SSSR count). The number of aromatic nitrogens is 1. The summed E-state index contributed by atoms with van der Waals surface area (Å²) in [5.41, 5.74) is 1.67. The fourth-order valence-corrected chi connectivity index (χ4v) is 2.96. The molecule has 0 spiro atoms. The zero-order valence-electron chi connectivity index (χ0n) is 12.5. The van der Waals surface area contributed by atoms with Crippen molar-refractivity contribution < 1.29 is 9.32 Å². The first-order valence-electron chi connectivity index (χ1n) is 6.97. The van der Waals surface area contributed by atoms with Crippen molar-refractivity contribution >= 4 is 23.5 Å². The molecule has 1 amide bonds. The highest BCUT2D eigenvalue weighted by molar-refractivity contribution is 7.99. The van der Waals surface area contributed by atoms with Crippen LogP contribution in [-0.4, -0.2) is 16.3 Å². The van der Waals surface area contributed by atoms with Crippen LogP contribution in [0.5, 0.6) is 0 Å². The van der Waals surface area contributed by atoms with Gasteiger partial charge in [-0.25, -0.2) is 0 Å². The molecule has 1 atom stereocenters. The molecule has 0 saturated heterocycles. The number of anilines is 1. The lowest BCUT2D eigenvalue weighted by atomic mass is 10.2. The number of nitrogens with zero attached hydrogens (tertiary/aromatic N) is 2. The normalized spacial score (nSPS) is 11.7. The van der Waals surface area contributed by atoms with E-state index in [1.807, 2.05) is 25.1 Å². The summed E-state index contributed by atoms with van der Waals surface area (Å²) in [6.07, 6.45) is 0.714. The van der Waals surface area contributed by atoms with Crippen molar-refractivity contribution in [3.05, 3.63) is 47.2 Å². The van der Waals surface area contributed by atoms with E-state index in [9.17, 15) is 4.79 Å². The van der Waals surface area contributed by atoms with E-state index < -0.39 is 0 Å². The standard InChI is InChI=1S/C16H17N3O2S/c1-3-14(16(20)18-15-7-11(2)21-19-15)22-10-13-6-4-5-12(8-13)9-17/h4-8,14H,3,10H2,1-2H3,(H,18,19,20). The number of nitrogens with one attached hydrogen (secondary N) is 1. The lowest BCUT2D eigenvalue weighted by molar-refractivity contribution is -0.115. The third kappa shape index (κ3) is 4.37. The van der Waals surface area contributed by atoms with Gasteiger partial charge in [-0.1, -0.05) is 24.2 Å². The highest BCUT2D eigenvalue weighted by Crippen LogP contribution is 2.22. The van der Waals surface area contributed by atoms with E-state index in [2.05, 4.69) is 16.5 Å². The van der Waals surface area contributed by atoms with E-state index >= 15 is 0 Å². The molecule has 1 unspecified atom stereocenters. The molecule has 2 aromatic rings. The number of amides is 1. The van der Waals surface area contributed by atoms with Crippen molar-refractivity contribution in [2.75, 3.05) is 5.32 Å². The van der Waals surface area contributed by atoms with Gasteiger partial charge >= 0.3 is 0 Å². The molecule has 0 bridgehead atoms. The Morgan fingerprint density at radius 3 is 2.95 bits per heavy atom. The molecule has 114 valence electrons. The highest BCUT2D eigenvalue weighted by atomic mass is 32.2. The van der Waals surface area contributed by atoms with Gasteiger partial charge in [-0.3, -0.25) is 4.79 Å². The van der Waals surface area contributed by atoms with Crippen molar-refractivity contribution in [2.45, 2.75) is 31.3 Å². The molecule has 5 nitrogen and oxygen atoms in total. The number of aryl methyl sites for hydroxylation is 1. The van der Waals surface area contributed by atoms with Gasteiger partial charge in [0.05, 0.1) is 16.9 Å². The van der Waals surface area contributed by atoms with Crippen LogP contribution < -0.4 is 5.32 Å². The van der Waals surface area contributed by atoms with E-state index in [1.54, 1.807) is 30.8 Å². The molecule has 1 aromatic carbocycles. The topological polar surface area (TPSA) is 78.9 Å². The zero-order chi connectivity index (χ0) is 15.9.